The number of rotatable bonds is 4. The molecule has 0 aliphatic rings. The molecule has 0 saturated heterocycles. The molecule has 9 heteroatoms. The van der Waals surface area contributed by atoms with E-state index in [0.717, 1.165) is 14.1 Å². The van der Waals surface area contributed by atoms with Crippen LogP contribution in [-0.2, 0) is 2.85 Å². The third-order valence-electron chi connectivity index (χ3n) is 1.92. The van der Waals surface area contributed by atoms with Crippen molar-refractivity contribution >= 4 is 21.9 Å². The Labute approximate surface area is 104 Å². The average Bonchev–Trinajstić information content (AvgIpc) is 1.96. The van der Waals surface area contributed by atoms with E-state index in [1.807, 2.05) is 0 Å². The van der Waals surface area contributed by atoms with E-state index in [-0.39, 0.29) is 0 Å². The van der Waals surface area contributed by atoms with E-state index in [1.165, 1.54) is 9.36 Å². The third-order valence-corrected chi connectivity index (χ3v) is 4.31. The number of hydrogen-bond acceptors (Lipinski definition) is 2. The van der Waals surface area contributed by atoms with Crippen molar-refractivity contribution in [3.05, 3.63) is 0 Å². The van der Waals surface area contributed by atoms with Crippen LogP contribution in [0.25, 0.3) is 0 Å². The minimum absolute atomic E-state index is 0.492. The van der Waals surface area contributed by atoms with Gasteiger partial charge in [-0.1, -0.05) is 0 Å². The number of alkyl halides is 6. The van der Waals surface area contributed by atoms with E-state index < -0.39 is 46.4 Å². The van der Waals surface area contributed by atoms with Crippen LogP contribution >= 0.6 is 0 Å². The molecule has 0 aliphatic heterocycles. The van der Waals surface area contributed by atoms with Crippen LogP contribution in [0.5, 0.6) is 0 Å². The average molecular weight is 369 g/mol. The zero-order valence-corrected chi connectivity index (χ0v) is 13.2. The summed E-state index contributed by atoms with van der Waals surface area (Å²) in [6, 6.07) is -2.67. The molecule has 2 nitrogen and oxygen atoms in total. The molecule has 0 aromatic heterocycles. The first-order valence-corrected chi connectivity index (χ1v) is 12.8. The van der Waals surface area contributed by atoms with Gasteiger partial charge in [0.05, 0.1) is 0 Å². The predicted octanol–water partition coefficient (Wildman–Crippen LogP) is 2.68. The van der Waals surface area contributed by atoms with Gasteiger partial charge in [0.1, 0.15) is 0 Å². The molecule has 17 heavy (non-hydrogen) atoms. The normalized spacial score (nSPS) is 17.1. The Hall–Kier alpha value is 0.370. The maximum atomic E-state index is 12.6. The van der Waals surface area contributed by atoms with E-state index in [0.29, 0.717) is 4.90 Å². The van der Waals surface area contributed by atoms with Crippen LogP contribution in [0.3, 0.4) is 0 Å². The van der Waals surface area contributed by atoms with Crippen molar-refractivity contribution in [1.82, 2.24) is 4.90 Å². The summed E-state index contributed by atoms with van der Waals surface area (Å²) >= 11 is -2.91. The Balaban J connectivity index is 5.24. The zero-order chi connectivity index (χ0) is 14.0. The van der Waals surface area contributed by atoms with Gasteiger partial charge < -0.3 is 0 Å². The first-order chi connectivity index (χ1) is 7.37. The molecule has 0 N–H and O–H groups in total. The van der Waals surface area contributed by atoms with Crippen LogP contribution in [0.4, 0.5) is 26.3 Å². The van der Waals surface area contributed by atoms with E-state index in [1.54, 1.807) is 0 Å². The molecule has 0 radical (unpaired) electrons. The molecule has 2 unspecified atom stereocenters. The molecule has 0 aromatic rings. The topological polar surface area (TPSA) is 12.5 Å². The van der Waals surface area contributed by atoms with E-state index in [2.05, 4.69) is 2.85 Å². The molecule has 0 aromatic carbocycles. The second kappa shape index (κ2) is 6.01. The summed E-state index contributed by atoms with van der Waals surface area (Å²) in [5, 5.41) is 0. The van der Waals surface area contributed by atoms with E-state index in [9.17, 15) is 26.3 Å². The summed E-state index contributed by atoms with van der Waals surface area (Å²) in [6.45, 7) is 0. The van der Waals surface area contributed by atoms with Crippen molar-refractivity contribution < 1.29 is 29.2 Å². The van der Waals surface area contributed by atoms with Gasteiger partial charge in [0.2, 0.25) is 0 Å². The fourth-order valence-corrected chi connectivity index (χ4v) is 3.90. The second-order valence-electron chi connectivity index (χ2n) is 4.10. The Morgan fingerprint density at radius 3 is 1.53 bits per heavy atom. The van der Waals surface area contributed by atoms with Crippen LogP contribution < -0.4 is 0 Å². The standard InChI is InChI=1S/C6H8F6NO.2CH3.In/c1-13(2)3(5(7,8)9)4(14)6(10,11)12;;;/h3-4H,1-2H3;2*1H3;/q-1;;;+1. The molecule has 0 aliphatic carbocycles. The molecule has 0 bridgehead atoms. The first kappa shape index (κ1) is 17.4. The van der Waals surface area contributed by atoms with Crippen molar-refractivity contribution in [3.8, 4) is 0 Å². The summed E-state index contributed by atoms with van der Waals surface area (Å²) in [7, 11) is 1.91. The van der Waals surface area contributed by atoms with Gasteiger partial charge in [0.15, 0.2) is 0 Å². The Morgan fingerprint density at radius 2 is 1.35 bits per heavy atom. The number of nitrogens with zero attached hydrogens (tertiary/aromatic N) is 1. The van der Waals surface area contributed by atoms with Gasteiger partial charge in [0, 0.05) is 0 Å². The van der Waals surface area contributed by atoms with Crippen molar-refractivity contribution in [2.75, 3.05) is 14.1 Å². The SMILES string of the molecule is CN(C)C(C([O][In]([CH3])[CH3])C(F)(F)F)C(F)(F)F. The van der Waals surface area contributed by atoms with Crippen LogP contribution in [0.1, 0.15) is 0 Å². The Kier molecular flexibility index (Phi) is 6.14. The molecule has 0 amide bonds. The van der Waals surface area contributed by atoms with Gasteiger partial charge in [-0.25, -0.2) is 0 Å². The van der Waals surface area contributed by atoms with Crippen molar-refractivity contribution in [2.24, 2.45) is 0 Å². The van der Waals surface area contributed by atoms with Gasteiger partial charge >= 0.3 is 104 Å². The molecule has 0 heterocycles. The van der Waals surface area contributed by atoms with Crippen LogP contribution in [-0.4, -0.2) is 65.4 Å². The van der Waals surface area contributed by atoms with Gasteiger partial charge in [-0.15, -0.1) is 0 Å². The van der Waals surface area contributed by atoms with Gasteiger partial charge in [-0.2, -0.15) is 0 Å². The fourth-order valence-electron chi connectivity index (χ4n) is 1.36. The van der Waals surface area contributed by atoms with E-state index in [4.69, 9.17) is 0 Å². The summed E-state index contributed by atoms with van der Waals surface area (Å²) in [6.07, 6.45) is -12.8. The minimum atomic E-state index is -5.02. The quantitative estimate of drug-likeness (QED) is 0.707. The fraction of sp³-hybridized carbons (Fsp3) is 1.00. The Morgan fingerprint density at radius 1 is 0.941 bits per heavy atom. The molecular formula is C8H14F6InNO. The molecule has 0 rings (SSSR count). The Bertz CT molecular complexity index is 239. The summed E-state index contributed by atoms with van der Waals surface area (Å²) in [5.74, 6) is 0. The molecule has 0 spiro atoms. The molecule has 0 fully saturated rings. The summed E-state index contributed by atoms with van der Waals surface area (Å²) in [4.78, 5) is 0.492. The number of hydrogen-bond donors (Lipinski definition) is 0. The van der Waals surface area contributed by atoms with Crippen molar-refractivity contribution in [3.63, 3.8) is 0 Å². The van der Waals surface area contributed by atoms with Crippen LogP contribution in [0.15, 0.2) is 0 Å². The van der Waals surface area contributed by atoms with Gasteiger partial charge in [0.25, 0.3) is 0 Å². The van der Waals surface area contributed by atoms with Gasteiger partial charge in [-0.05, 0) is 0 Å². The molecule has 2 atom stereocenters. The van der Waals surface area contributed by atoms with Gasteiger partial charge in [-0.3, -0.25) is 0 Å². The molecular weight excluding hydrogens is 355 g/mol. The summed E-state index contributed by atoms with van der Waals surface area (Å²) < 4.78 is 83.1. The maximum absolute atomic E-state index is 12.6. The van der Waals surface area contributed by atoms with Crippen LogP contribution in [0.2, 0.25) is 9.36 Å². The molecule has 0 saturated carbocycles. The third kappa shape index (κ3) is 5.69. The zero-order valence-electron chi connectivity index (χ0n) is 9.86. The second-order valence-corrected chi connectivity index (χ2v) is 10.9. The monoisotopic (exact) mass is 369 g/mol. The van der Waals surface area contributed by atoms with Crippen molar-refractivity contribution in [1.29, 1.82) is 0 Å². The predicted molar refractivity (Wildman–Crippen MR) is 51.9 cm³/mol. The van der Waals surface area contributed by atoms with Crippen LogP contribution in [0, 0.1) is 0 Å². The van der Waals surface area contributed by atoms with E-state index >= 15 is 0 Å². The first-order valence-electron chi connectivity index (χ1n) is 4.82. The number of halogens is 6. The number of likely N-dealkylation sites (N-methyl/N-ethyl adjacent to an activating group) is 1. The van der Waals surface area contributed by atoms with Crippen molar-refractivity contribution in [2.45, 2.75) is 33.9 Å². The summed E-state index contributed by atoms with van der Waals surface area (Å²) in [5.41, 5.74) is 0. The molecule has 102 valence electrons.